The molecule has 1 unspecified atom stereocenters. The summed E-state index contributed by atoms with van der Waals surface area (Å²) in [5, 5.41) is 0. The Morgan fingerprint density at radius 1 is 0.432 bits per heavy atom. The quantitative estimate of drug-likeness (QED) is 0.0517. The number of rotatable bonds is 35. The molecule has 1 atom stereocenters. The van der Waals surface area contributed by atoms with Crippen molar-refractivity contribution >= 4 is 0 Å². The molecule has 1 rings (SSSR count). The summed E-state index contributed by atoms with van der Waals surface area (Å²) >= 11 is 0. The van der Waals surface area contributed by atoms with Crippen LogP contribution >= 0.6 is 0 Å². The standard InChI is InChI=1S/C41H84NO2/c1-4-6-8-10-12-14-16-18-20-22-24-26-28-33-37-43-40-41(39-42(3)35-31-30-32-36-42)44-38-34-29-27-25-23-21-19-17-15-13-11-9-7-5-2/h41H,4-40H2,1-3H3/q+1. The molecule has 3 nitrogen and oxygen atoms in total. The summed E-state index contributed by atoms with van der Waals surface area (Å²) in [4.78, 5) is 0. The van der Waals surface area contributed by atoms with Gasteiger partial charge in [0.15, 0.2) is 0 Å². The van der Waals surface area contributed by atoms with Crippen LogP contribution in [0.15, 0.2) is 0 Å². The van der Waals surface area contributed by atoms with Gasteiger partial charge in [-0.05, 0) is 32.1 Å². The van der Waals surface area contributed by atoms with Crippen LogP contribution in [0.25, 0.3) is 0 Å². The molecular formula is C41H84NO2+. The topological polar surface area (TPSA) is 18.5 Å². The monoisotopic (exact) mass is 623 g/mol. The van der Waals surface area contributed by atoms with Crippen LogP contribution in [0.4, 0.5) is 0 Å². The minimum absolute atomic E-state index is 0.270. The van der Waals surface area contributed by atoms with Gasteiger partial charge in [0, 0.05) is 13.2 Å². The predicted octanol–water partition coefficient (Wildman–Crippen LogP) is 13.0. The van der Waals surface area contributed by atoms with Gasteiger partial charge in [-0.3, -0.25) is 0 Å². The Kier molecular flexibility index (Phi) is 31.2. The summed E-state index contributed by atoms with van der Waals surface area (Å²) in [7, 11) is 2.45. The summed E-state index contributed by atoms with van der Waals surface area (Å²) in [5.41, 5.74) is 0. The zero-order valence-electron chi connectivity index (χ0n) is 31.0. The second-order valence-electron chi connectivity index (χ2n) is 15.1. The Hall–Kier alpha value is -0.120. The first kappa shape index (κ1) is 41.9. The molecule has 0 aliphatic carbocycles. The molecule has 1 saturated heterocycles. The van der Waals surface area contributed by atoms with Gasteiger partial charge in [0.25, 0.3) is 0 Å². The molecule has 1 aliphatic rings. The van der Waals surface area contributed by atoms with Crippen LogP contribution < -0.4 is 0 Å². The van der Waals surface area contributed by atoms with E-state index in [2.05, 4.69) is 20.9 Å². The van der Waals surface area contributed by atoms with Gasteiger partial charge in [0.2, 0.25) is 0 Å². The van der Waals surface area contributed by atoms with Crippen LogP contribution in [0, 0.1) is 0 Å². The van der Waals surface area contributed by atoms with Gasteiger partial charge in [-0.25, -0.2) is 0 Å². The Labute approximate surface area is 279 Å². The molecule has 1 heterocycles. The first-order valence-corrected chi connectivity index (χ1v) is 20.7. The van der Waals surface area contributed by atoms with E-state index in [4.69, 9.17) is 9.47 Å². The summed E-state index contributed by atoms with van der Waals surface area (Å²) in [6, 6.07) is 0. The Morgan fingerprint density at radius 3 is 1.16 bits per heavy atom. The van der Waals surface area contributed by atoms with Gasteiger partial charge in [0.1, 0.15) is 12.6 Å². The highest BCUT2D eigenvalue weighted by molar-refractivity contribution is 4.61. The predicted molar refractivity (Wildman–Crippen MR) is 196 cm³/mol. The lowest BCUT2D eigenvalue weighted by Crippen LogP contribution is -2.53. The van der Waals surface area contributed by atoms with Gasteiger partial charge in [0.05, 0.1) is 26.7 Å². The number of nitrogens with zero attached hydrogens (tertiary/aromatic N) is 1. The molecule has 0 aromatic rings. The zero-order valence-corrected chi connectivity index (χ0v) is 31.0. The average molecular weight is 623 g/mol. The number of quaternary nitrogens is 1. The summed E-state index contributed by atoms with van der Waals surface area (Å²) in [6.07, 6.45) is 43.9. The third-order valence-electron chi connectivity index (χ3n) is 10.3. The van der Waals surface area contributed by atoms with Crippen LogP contribution in [0.3, 0.4) is 0 Å². The molecule has 0 saturated carbocycles. The third kappa shape index (κ3) is 28.1. The fourth-order valence-corrected chi connectivity index (χ4v) is 7.26. The third-order valence-corrected chi connectivity index (χ3v) is 10.3. The maximum absolute atomic E-state index is 6.50. The van der Waals surface area contributed by atoms with Crippen molar-refractivity contribution in [3.05, 3.63) is 0 Å². The highest BCUT2D eigenvalue weighted by Gasteiger charge is 2.29. The van der Waals surface area contributed by atoms with Gasteiger partial charge in [-0.1, -0.05) is 181 Å². The molecule has 0 amide bonds. The van der Waals surface area contributed by atoms with Crippen molar-refractivity contribution in [2.45, 2.75) is 219 Å². The lowest BCUT2D eigenvalue weighted by atomic mass is 10.0. The summed E-state index contributed by atoms with van der Waals surface area (Å²) in [6.45, 7) is 11.0. The van der Waals surface area contributed by atoms with Crippen molar-refractivity contribution in [2.75, 3.05) is 46.5 Å². The van der Waals surface area contributed by atoms with Gasteiger partial charge in [-0.2, -0.15) is 0 Å². The van der Waals surface area contributed by atoms with Crippen molar-refractivity contribution in [1.82, 2.24) is 0 Å². The maximum Gasteiger partial charge on any atom is 0.130 e. The lowest BCUT2D eigenvalue weighted by Gasteiger charge is -2.40. The van der Waals surface area contributed by atoms with Crippen molar-refractivity contribution in [2.24, 2.45) is 0 Å². The highest BCUT2D eigenvalue weighted by Crippen LogP contribution is 2.19. The van der Waals surface area contributed by atoms with Crippen LogP contribution in [0.1, 0.15) is 213 Å². The van der Waals surface area contributed by atoms with Gasteiger partial charge >= 0.3 is 0 Å². The van der Waals surface area contributed by atoms with Crippen LogP contribution in [-0.4, -0.2) is 57.1 Å². The van der Waals surface area contributed by atoms with E-state index in [9.17, 15) is 0 Å². The van der Waals surface area contributed by atoms with Crippen LogP contribution in [0.2, 0.25) is 0 Å². The molecule has 0 N–H and O–H groups in total. The number of hydrogen-bond acceptors (Lipinski definition) is 2. The molecule has 3 heteroatoms. The Bertz CT molecular complexity index is 547. The number of likely N-dealkylation sites (tertiary alicyclic amines) is 1. The SMILES string of the molecule is CCCCCCCCCCCCCCCCOCC(C[N+]1(C)CCCCC1)OCCCCCCCCCCCCCCCC. The second-order valence-corrected chi connectivity index (χ2v) is 15.1. The lowest BCUT2D eigenvalue weighted by molar-refractivity contribution is -0.917. The van der Waals surface area contributed by atoms with E-state index in [-0.39, 0.29) is 6.10 Å². The van der Waals surface area contributed by atoms with E-state index in [0.717, 1.165) is 26.4 Å². The van der Waals surface area contributed by atoms with E-state index in [0.29, 0.717) is 0 Å². The van der Waals surface area contributed by atoms with Gasteiger partial charge < -0.3 is 14.0 Å². The zero-order chi connectivity index (χ0) is 31.7. The van der Waals surface area contributed by atoms with E-state index in [1.54, 1.807) is 0 Å². The molecular weight excluding hydrogens is 538 g/mol. The van der Waals surface area contributed by atoms with Crippen LogP contribution in [-0.2, 0) is 9.47 Å². The molecule has 264 valence electrons. The fraction of sp³-hybridized carbons (Fsp3) is 1.00. The minimum atomic E-state index is 0.270. The number of ether oxygens (including phenoxy) is 2. The van der Waals surface area contributed by atoms with Crippen LogP contribution in [0.5, 0.6) is 0 Å². The van der Waals surface area contributed by atoms with Gasteiger partial charge in [-0.15, -0.1) is 0 Å². The minimum Gasteiger partial charge on any atom is -0.379 e. The molecule has 0 aromatic heterocycles. The molecule has 44 heavy (non-hydrogen) atoms. The van der Waals surface area contributed by atoms with E-state index < -0.39 is 0 Å². The molecule has 0 bridgehead atoms. The Morgan fingerprint density at radius 2 is 0.773 bits per heavy atom. The molecule has 0 spiro atoms. The first-order chi connectivity index (χ1) is 21.7. The van der Waals surface area contributed by atoms with Crippen molar-refractivity contribution in [1.29, 1.82) is 0 Å². The largest absolute Gasteiger partial charge is 0.379 e. The number of unbranched alkanes of at least 4 members (excludes halogenated alkanes) is 26. The van der Waals surface area contributed by atoms with Crippen molar-refractivity contribution in [3.8, 4) is 0 Å². The molecule has 1 aliphatic heterocycles. The average Bonchev–Trinajstić information content (AvgIpc) is 3.02. The Balaban J connectivity index is 2.02. The highest BCUT2D eigenvalue weighted by atomic mass is 16.5. The maximum atomic E-state index is 6.50. The number of piperidine rings is 1. The number of hydrogen-bond donors (Lipinski definition) is 0. The second kappa shape index (κ2) is 32.8. The van der Waals surface area contributed by atoms with E-state index >= 15 is 0 Å². The molecule has 0 aromatic carbocycles. The molecule has 0 radical (unpaired) electrons. The summed E-state index contributed by atoms with van der Waals surface area (Å²) in [5.74, 6) is 0. The van der Waals surface area contributed by atoms with Crippen molar-refractivity contribution < 1.29 is 14.0 Å². The first-order valence-electron chi connectivity index (χ1n) is 20.7. The number of likely N-dealkylation sites (N-methyl/N-ethyl adjacent to an activating group) is 1. The van der Waals surface area contributed by atoms with E-state index in [1.165, 1.54) is 217 Å². The van der Waals surface area contributed by atoms with Crippen molar-refractivity contribution in [3.63, 3.8) is 0 Å². The fourth-order valence-electron chi connectivity index (χ4n) is 7.26. The normalized spacial score (nSPS) is 15.6. The smallest absolute Gasteiger partial charge is 0.130 e. The summed E-state index contributed by atoms with van der Waals surface area (Å²) < 4.78 is 13.9. The van der Waals surface area contributed by atoms with E-state index in [1.807, 2.05) is 0 Å². The molecule has 1 fully saturated rings.